The molecule has 2 nitrogen and oxygen atoms in total. The third-order valence-electron chi connectivity index (χ3n) is 4.39. The molecule has 4 heteroatoms. The summed E-state index contributed by atoms with van der Waals surface area (Å²) >= 11 is 8.11. The standard InChI is InChI=1S/C16H21ClN2S/c1-11-5-7-16(8-6-11)10-20-15(19-16)18-14-4-3-12(2)9-13(14)17/h3-4,9,11H,5-8,10H2,1-2H3,(H,18,19). The average Bonchev–Trinajstić information content (AvgIpc) is 2.80. The molecule has 0 unspecified atom stereocenters. The Morgan fingerprint density at radius 1 is 1.35 bits per heavy atom. The first-order valence-electron chi connectivity index (χ1n) is 7.32. The maximum absolute atomic E-state index is 6.28. The lowest BCUT2D eigenvalue weighted by atomic mass is 9.79. The molecule has 1 saturated carbocycles. The Bertz CT molecular complexity index is 533. The van der Waals surface area contributed by atoms with Crippen LogP contribution in [0.25, 0.3) is 0 Å². The Labute approximate surface area is 130 Å². The van der Waals surface area contributed by atoms with Gasteiger partial charge in [-0.05, 0) is 56.2 Å². The minimum absolute atomic E-state index is 0.191. The number of aryl methyl sites for hydroxylation is 1. The van der Waals surface area contributed by atoms with Crippen molar-refractivity contribution in [3.8, 4) is 0 Å². The van der Waals surface area contributed by atoms with Crippen molar-refractivity contribution in [2.24, 2.45) is 10.9 Å². The Hall–Kier alpha value is -0.670. The van der Waals surface area contributed by atoms with E-state index in [0.717, 1.165) is 27.5 Å². The van der Waals surface area contributed by atoms with Gasteiger partial charge in [0.25, 0.3) is 0 Å². The number of benzene rings is 1. The van der Waals surface area contributed by atoms with Crippen molar-refractivity contribution in [3.05, 3.63) is 28.8 Å². The van der Waals surface area contributed by atoms with Gasteiger partial charge in [-0.15, -0.1) is 0 Å². The maximum Gasteiger partial charge on any atom is 0.161 e. The summed E-state index contributed by atoms with van der Waals surface area (Å²) < 4.78 is 0. The lowest BCUT2D eigenvalue weighted by Crippen LogP contribution is -2.32. The lowest BCUT2D eigenvalue weighted by Gasteiger charge is -2.32. The Kier molecular flexibility index (Phi) is 4.00. The van der Waals surface area contributed by atoms with Gasteiger partial charge in [-0.3, -0.25) is 4.99 Å². The summed E-state index contributed by atoms with van der Waals surface area (Å²) in [4.78, 5) is 4.98. The van der Waals surface area contributed by atoms with Crippen molar-refractivity contribution < 1.29 is 0 Å². The molecule has 1 spiro atoms. The normalized spacial score (nSPS) is 29.6. The van der Waals surface area contributed by atoms with Gasteiger partial charge in [0.05, 0.1) is 16.2 Å². The molecule has 1 aliphatic heterocycles. The van der Waals surface area contributed by atoms with Crippen LogP contribution in [0.15, 0.2) is 23.2 Å². The summed E-state index contributed by atoms with van der Waals surface area (Å²) in [5.41, 5.74) is 2.33. The second kappa shape index (κ2) is 5.61. The van der Waals surface area contributed by atoms with E-state index in [-0.39, 0.29) is 5.54 Å². The van der Waals surface area contributed by atoms with E-state index in [9.17, 15) is 0 Å². The van der Waals surface area contributed by atoms with Crippen molar-refractivity contribution in [3.63, 3.8) is 0 Å². The highest BCUT2D eigenvalue weighted by Gasteiger charge is 2.38. The molecule has 1 aromatic carbocycles. The number of aliphatic imine (C=N–C) groups is 1. The van der Waals surface area contributed by atoms with E-state index in [1.807, 2.05) is 23.9 Å². The predicted molar refractivity (Wildman–Crippen MR) is 90.1 cm³/mol. The second-order valence-electron chi connectivity index (χ2n) is 6.22. The average molecular weight is 309 g/mol. The molecule has 1 N–H and O–H groups in total. The summed E-state index contributed by atoms with van der Waals surface area (Å²) in [6.45, 7) is 4.40. The molecule has 1 aliphatic carbocycles. The maximum atomic E-state index is 6.28. The van der Waals surface area contributed by atoms with Crippen molar-refractivity contribution in [1.29, 1.82) is 0 Å². The monoisotopic (exact) mass is 308 g/mol. The summed E-state index contributed by atoms with van der Waals surface area (Å²) in [6, 6.07) is 6.10. The van der Waals surface area contributed by atoms with Crippen LogP contribution in [0.4, 0.5) is 5.69 Å². The van der Waals surface area contributed by atoms with Gasteiger partial charge in [-0.2, -0.15) is 0 Å². The highest BCUT2D eigenvalue weighted by Crippen LogP contribution is 2.42. The fourth-order valence-corrected chi connectivity index (χ4v) is 4.42. The van der Waals surface area contributed by atoms with Crippen LogP contribution in [0.5, 0.6) is 0 Å². The molecule has 0 amide bonds. The van der Waals surface area contributed by atoms with Crippen LogP contribution in [0, 0.1) is 12.8 Å². The number of nitrogens with one attached hydrogen (secondary N) is 1. The molecule has 0 aromatic heterocycles. The number of amidine groups is 1. The molecule has 0 saturated heterocycles. The minimum Gasteiger partial charge on any atom is -0.334 e. The first-order chi connectivity index (χ1) is 9.56. The lowest BCUT2D eigenvalue weighted by molar-refractivity contribution is 0.273. The topological polar surface area (TPSA) is 24.4 Å². The molecular weight excluding hydrogens is 288 g/mol. The number of anilines is 1. The van der Waals surface area contributed by atoms with Gasteiger partial charge in [-0.1, -0.05) is 36.4 Å². The molecule has 20 heavy (non-hydrogen) atoms. The minimum atomic E-state index is 0.191. The number of rotatable bonds is 1. The van der Waals surface area contributed by atoms with Gasteiger partial charge in [0, 0.05) is 5.75 Å². The van der Waals surface area contributed by atoms with Gasteiger partial charge >= 0.3 is 0 Å². The van der Waals surface area contributed by atoms with Crippen LogP contribution in [-0.2, 0) is 0 Å². The van der Waals surface area contributed by atoms with Gasteiger partial charge in [0.1, 0.15) is 0 Å². The third-order valence-corrected chi connectivity index (χ3v) is 5.85. The Morgan fingerprint density at radius 3 is 2.80 bits per heavy atom. The summed E-state index contributed by atoms with van der Waals surface area (Å²) in [5, 5.41) is 5.20. The molecule has 1 aromatic rings. The molecular formula is C16H21ClN2S. The first-order valence-corrected chi connectivity index (χ1v) is 8.69. The van der Waals surface area contributed by atoms with Crippen molar-refractivity contribution in [2.75, 3.05) is 11.1 Å². The molecule has 108 valence electrons. The zero-order valence-electron chi connectivity index (χ0n) is 12.1. The zero-order chi connectivity index (χ0) is 14.2. The quantitative estimate of drug-likeness (QED) is 0.779. The number of halogens is 1. The second-order valence-corrected chi connectivity index (χ2v) is 7.59. The van der Waals surface area contributed by atoms with E-state index in [0.29, 0.717) is 0 Å². The summed E-state index contributed by atoms with van der Waals surface area (Å²) in [7, 11) is 0. The van der Waals surface area contributed by atoms with Crippen molar-refractivity contribution in [1.82, 2.24) is 0 Å². The number of hydrogen-bond acceptors (Lipinski definition) is 3. The van der Waals surface area contributed by atoms with E-state index in [1.54, 1.807) is 0 Å². The third kappa shape index (κ3) is 2.99. The smallest absolute Gasteiger partial charge is 0.161 e. The highest BCUT2D eigenvalue weighted by molar-refractivity contribution is 8.14. The largest absolute Gasteiger partial charge is 0.334 e. The van der Waals surface area contributed by atoms with Crippen molar-refractivity contribution >= 4 is 34.2 Å². The van der Waals surface area contributed by atoms with E-state index >= 15 is 0 Å². The van der Waals surface area contributed by atoms with E-state index < -0.39 is 0 Å². The summed E-state index contributed by atoms with van der Waals surface area (Å²) in [5.74, 6) is 1.98. The molecule has 0 radical (unpaired) electrons. The van der Waals surface area contributed by atoms with Crippen LogP contribution in [0.3, 0.4) is 0 Å². The molecule has 2 aliphatic rings. The highest BCUT2D eigenvalue weighted by atomic mass is 35.5. The van der Waals surface area contributed by atoms with Crippen LogP contribution < -0.4 is 5.32 Å². The zero-order valence-corrected chi connectivity index (χ0v) is 13.7. The number of thioether (sulfide) groups is 1. The van der Waals surface area contributed by atoms with Crippen molar-refractivity contribution in [2.45, 2.75) is 45.1 Å². The van der Waals surface area contributed by atoms with Gasteiger partial charge in [0.15, 0.2) is 5.17 Å². The van der Waals surface area contributed by atoms with Crippen LogP contribution >= 0.6 is 23.4 Å². The SMILES string of the molecule is Cc1ccc(NC2=NC3(CCC(C)CC3)CS2)c(Cl)c1. The van der Waals surface area contributed by atoms with Crippen LogP contribution in [0.2, 0.25) is 5.02 Å². The molecule has 0 bridgehead atoms. The first kappa shape index (κ1) is 14.3. The summed E-state index contributed by atoms with van der Waals surface area (Å²) in [6.07, 6.45) is 5.08. The molecule has 0 atom stereocenters. The molecule has 3 rings (SSSR count). The van der Waals surface area contributed by atoms with Gasteiger partial charge < -0.3 is 5.32 Å². The fourth-order valence-electron chi connectivity index (χ4n) is 2.94. The Morgan fingerprint density at radius 2 is 2.10 bits per heavy atom. The van der Waals surface area contributed by atoms with Crippen LogP contribution in [0.1, 0.15) is 38.2 Å². The number of nitrogens with zero attached hydrogens (tertiary/aromatic N) is 1. The van der Waals surface area contributed by atoms with Gasteiger partial charge in [-0.25, -0.2) is 0 Å². The Balaban J connectivity index is 1.72. The van der Waals surface area contributed by atoms with E-state index in [2.05, 4.69) is 25.2 Å². The molecule has 1 heterocycles. The van der Waals surface area contributed by atoms with E-state index in [4.69, 9.17) is 16.6 Å². The fraction of sp³-hybridized carbons (Fsp3) is 0.562. The van der Waals surface area contributed by atoms with E-state index in [1.165, 1.54) is 31.2 Å². The predicted octanol–water partition coefficient (Wildman–Crippen LogP) is 5.11. The molecule has 1 fully saturated rings. The number of hydrogen-bond donors (Lipinski definition) is 1. The van der Waals surface area contributed by atoms with Crippen LogP contribution in [-0.4, -0.2) is 16.5 Å². The van der Waals surface area contributed by atoms with Gasteiger partial charge in [0.2, 0.25) is 0 Å².